The van der Waals surface area contributed by atoms with Crippen molar-refractivity contribution >= 4 is 23.9 Å². The molecule has 0 aromatic carbocycles. The van der Waals surface area contributed by atoms with E-state index in [1.807, 2.05) is 0 Å². The molecule has 0 aromatic heterocycles. The summed E-state index contributed by atoms with van der Waals surface area (Å²) in [6.45, 7) is -3.45. The van der Waals surface area contributed by atoms with Crippen LogP contribution in [0.2, 0.25) is 0 Å². The third kappa shape index (κ3) is 5.32. The average molecular weight is 322 g/mol. The summed E-state index contributed by atoms with van der Waals surface area (Å²) in [4.78, 5) is 45.4. The lowest BCUT2D eigenvalue weighted by molar-refractivity contribution is -0.197. The normalized spacial score (nSPS) is 29.3. The minimum atomic E-state index is -1.56. The van der Waals surface area contributed by atoms with Crippen LogP contribution in [0, 0.1) is 0 Å². The van der Waals surface area contributed by atoms with E-state index in [9.17, 15) is 19.2 Å². The summed E-state index contributed by atoms with van der Waals surface area (Å²) >= 11 is 0. The van der Waals surface area contributed by atoms with Gasteiger partial charge < -0.3 is 23.7 Å². The molecule has 0 saturated carbocycles. The molecule has 9 heteroatoms. The van der Waals surface area contributed by atoms with Crippen LogP contribution in [0.1, 0.15) is 33.1 Å². The number of esters is 4. The van der Waals surface area contributed by atoms with Crippen LogP contribution < -0.4 is 0 Å². The molecule has 1 unspecified atom stereocenters. The fourth-order valence-corrected chi connectivity index (χ4v) is 1.80. The first-order valence-electron chi connectivity index (χ1n) is 8.75. The van der Waals surface area contributed by atoms with Crippen molar-refractivity contribution in [2.75, 3.05) is 6.61 Å². The van der Waals surface area contributed by atoms with Gasteiger partial charge in [0.1, 0.15) is 12.7 Å². The Hall–Kier alpha value is -2.16. The molecule has 4 atom stereocenters. The van der Waals surface area contributed by atoms with Crippen LogP contribution in [0.5, 0.6) is 0 Å². The van der Waals surface area contributed by atoms with Crippen molar-refractivity contribution < 1.29 is 48.3 Å². The Bertz CT molecular complexity index is 530. The van der Waals surface area contributed by atoms with E-state index >= 15 is 0 Å². The number of carbonyl (C=O) groups is 4. The third-order valence-electron chi connectivity index (χ3n) is 2.46. The zero-order chi connectivity index (χ0) is 19.7. The van der Waals surface area contributed by atoms with Gasteiger partial charge in [0.05, 0.1) is 0 Å². The Morgan fingerprint density at radius 2 is 1.41 bits per heavy atom. The molecule has 0 spiro atoms. The Morgan fingerprint density at radius 3 is 2.00 bits per heavy atom. The zero-order valence-electron chi connectivity index (χ0n) is 15.5. The van der Waals surface area contributed by atoms with Gasteiger partial charge in [0.15, 0.2) is 6.10 Å². The Labute approximate surface area is 132 Å². The molecule has 0 N–H and O–H groups in total. The van der Waals surface area contributed by atoms with E-state index < -0.39 is 82.7 Å². The molecule has 0 radical (unpaired) electrons. The molecular formula is C13H18O9. The lowest BCUT2D eigenvalue weighted by atomic mass is 10.1. The summed E-state index contributed by atoms with van der Waals surface area (Å²) in [7, 11) is 0. The first-order valence-corrected chi connectivity index (χ1v) is 5.92. The molecule has 9 nitrogen and oxygen atoms in total. The summed E-state index contributed by atoms with van der Waals surface area (Å²) in [5.41, 5.74) is 0. The van der Waals surface area contributed by atoms with Crippen LogP contribution in [0.15, 0.2) is 0 Å². The van der Waals surface area contributed by atoms with Crippen molar-refractivity contribution in [3.05, 3.63) is 0 Å². The molecule has 0 aliphatic carbocycles. The van der Waals surface area contributed by atoms with Gasteiger partial charge in [-0.05, 0) is 0 Å². The van der Waals surface area contributed by atoms with Gasteiger partial charge in [-0.3, -0.25) is 19.2 Å². The smallest absolute Gasteiger partial charge is 0.305 e. The molecule has 1 fully saturated rings. The third-order valence-corrected chi connectivity index (χ3v) is 2.46. The van der Waals surface area contributed by atoms with Gasteiger partial charge in [0.2, 0.25) is 12.4 Å². The molecule has 1 saturated heterocycles. The number of hydrogen-bond donors (Lipinski definition) is 0. The lowest BCUT2D eigenvalue weighted by Crippen LogP contribution is -2.42. The summed E-state index contributed by atoms with van der Waals surface area (Å²) in [5.74, 6) is -3.95. The summed E-state index contributed by atoms with van der Waals surface area (Å²) in [6, 6.07) is 0. The van der Waals surface area contributed by atoms with E-state index in [-0.39, 0.29) is 0 Å². The second kappa shape index (κ2) is 7.74. The second-order valence-corrected chi connectivity index (χ2v) is 4.12. The second-order valence-electron chi connectivity index (χ2n) is 4.12. The molecule has 1 aliphatic rings. The van der Waals surface area contributed by atoms with E-state index in [0.717, 1.165) is 0 Å². The van der Waals surface area contributed by atoms with Crippen LogP contribution in [0.4, 0.5) is 0 Å². The zero-order valence-corrected chi connectivity index (χ0v) is 11.5. The fraction of sp³-hybridized carbons (Fsp3) is 0.692. The van der Waals surface area contributed by atoms with E-state index in [0.29, 0.717) is 0 Å². The van der Waals surface area contributed by atoms with Gasteiger partial charge in [-0.2, -0.15) is 0 Å². The average Bonchev–Trinajstić information content (AvgIpc) is 2.95. The van der Waals surface area contributed by atoms with Crippen molar-refractivity contribution in [2.45, 2.75) is 52.2 Å². The van der Waals surface area contributed by atoms with Crippen molar-refractivity contribution in [3.63, 3.8) is 0 Å². The molecule has 0 bridgehead atoms. The van der Waals surface area contributed by atoms with E-state index in [1.54, 1.807) is 0 Å². The monoisotopic (exact) mass is 322 g/mol. The number of hydrogen-bond acceptors (Lipinski definition) is 9. The van der Waals surface area contributed by atoms with Gasteiger partial charge in [0, 0.05) is 33.1 Å². The van der Waals surface area contributed by atoms with Crippen molar-refractivity contribution in [3.8, 4) is 0 Å². The molecule has 22 heavy (non-hydrogen) atoms. The first-order chi connectivity index (χ1) is 12.4. The lowest BCUT2D eigenvalue weighted by Gasteiger charge is -2.22. The quantitative estimate of drug-likeness (QED) is 0.497. The van der Waals surface area contributed by atoms with E-state index in [2.05, 4.69) is 0 Å². The van der Waals surface area contributed by atoms with Crippen molar-refractivity contribution in [1.29, 1.82) is 0 Å². The molecule has 1 heterocycles. The molecule has 0 aromatic rings. The predicted octanol–water partition coefficient (Wildman–Crippen LogP) is -0.299. The molecule has 124 valence electrons. The van der Waals surface area contributed by atoms with Gasteiger partial charge in [0.25, 0.3) is 0 Å². The molecular weight excluding hydrogens is 300 g/mol. The molecule has 1 aliphatic heterocycles. The highest BCUT2D eigenvalue weighted by atomic mass is 16.8. The highest BCUT2D eigenvalue weighted by Gasteiger charge is 2.51. The molecule has 1 rings (SSSR count). The highest BCUT2D eigenvalue weighted by Crippen LogP contribution is 2.28. The molecule has 0 amide bonds. The predicted molar refractivity (Wildman–Crippen MR) is 68.2 cm³/mol. The SMILES string of the molecule is [2H]CC(=O)OC[C@H]1OC(OC(=O)C[2H])[C@@H](OC(=O)C[2H])[C@@H]1OC(=O)C[2H]. The van der Waals surface area contributed by atoms with Crippen LogP contribution in [0.3, 0.4) is 0 Å². The first kappa shape index (κ1) is 12.4. The summed E-state index contributed by atoms with van der Waals surface area (Å²) < 4.78 is 52.6. The van der Waals surface area contributed by atoms with E-state index in [4.69, 9.17) is 29.2 Å². The van der Waals surface area contributed by atoms with Gasteiger partial charge in [-0.25, -0.2) is 0 Å². The Kier molecular flexibility index (Phi) is 4.36. The summed E-state index contributed by atoms with van der Waals surface area (Å²) in [6.07, 6.45) is -5.64. The number of carbonyl (C=O) groups excluding carboxylic acids is 4. The Morgan fingerprint density at radius 1 is 0.864 bits per heavy atom. The van der Waals surface area contributed by atoms with Gasteiger partial charge in [-0.1, -0.05) is 0 Å². The number of rotatable bonds is 5. The van der Waals surface area contributed by atoms with Gasteiger partial charge in [-0.15, -0.1) is 0 Å². The maximum atomic E-state index is 11.5. The van der Waals surface area contributed by atoms with Crippen LogP contribution >= 0.6 is 0 Å². The van der Waals surface area contributed by atoms with Crippen molar-refractivity contribution in [1.82, 2.24) is 0 Å². The maximum Gasteiger partial charge on any atom is 0.305 e. The minimum Gasteiger partial charge on any atom is -0.463 e. The largest absolute Gasteiger partial charge is 0.463 e. The highest BCUT2D eigenvalue weighted by molar-refractivity contribution is 5.68. The maximum absolute atomic E-state index is 11.5. The van der Waals surface area contributed by atoms with Crippen LogP contribution in [0.25, 0.3) is 0 Å². The van der Waals surface area contributed by atoms with Crippen molar-refractivity contribution in [2.24, 2.45) is 0 Å². The minimum absolute atomic E-state index is 0.502. The standard InChI is InChI=1S/C13H18O9/c1-6(14)18-5-10-11(19-7(2)15)12(20-8(3)16)13(22-10)21-9(4)17/h10-13H,5H2,1-4H3/t10-,11-,12+,13?/m1/s1/i1D,2D,3D,4D. The van der Waals surface area contributed by atoms with E-state index in [1.165, 1.54) is 0 Å². The van der Waals surface area contributed by atoms with Gasteiger partial charge >= 0.3 is 23.9 Å². The number of ether oxygens (including phenoxy) is 5. The Balaban J connectivity index is 3.01. The van der Waals surface area contributed by atoms with Crippen LogP contribution in [-0.2, 0) is 42.9 Å². The topological polar surface area (TPSA) is 114 Å². The summed E-state index contributed by atoms with van der Waals surface area (Å²) in [5, 5.41) is 0. The van der Waals surface area contributed by atoms with Crippen LogP contribution in [-0.4, -0.2) is 55.1 Å². The fourth-order valence-electron chi connectivity index (χ4n) is 1.80.